The van der Waals surface area contributed by atoms with Gasteiger partial charge < -0.3 is 0 Å². The van der Waals surface area contributed by atoms with E-state index < -0.39 is 11.8 Å². The minimum atomic E-state index is -0.721. The second-order valence-corrected chi connectivity index (χ2v) is 9.60. The predicted molar refractivity (Wildman–Crippen MR) is 133 cm³/mol. The number of hydrazone groups is 2. The van der Waals surface area contributed by atoms with E-state index in [0.717, 1.165) is 62.8 Å². The Morgan fingerprint density at radius 3 is 0.875 bits per heavy atom. The molecular weight excluding hydrogens is 400 g/mol. The first-order valence-corrected chi connectivity index (χ1v) is 13.5. The lowest BCUT2D eigenvalue weighted by atomic mass is 10.00. The molecule has 2 amide bonds. The van der Waals surface area contributed by atoms with Crippen LogP contribution in [0.1, 0.15) is 141 Å². The summed E-state index contributed by atoms with van der Waals surface area (Å²) in [6, 6.07) is 0. The van der Waals surface area contributed by atoms with Crippen LogP contribution in [0.3, 0.4) is 0 Å². The van der Waals surface area contributed by atoms with Crippen molar-refractivity contribution < 1.29 is 9.59 Å². The highest BCUT2D eigenvalue weighted by Gasteiger charge is 2.13. The topological polar surface area (TPSA) is 82.9 Å². The minimum Gasteiger partial charge on any atom is -0.262 e. The smallest absolute Gasteiger partial charge is 0.262 e. The monoisotopic (exact) mass is 446 g/mol. The Labute approximate surface area is 195 Å². The molecular formula is C26H46N4O2. The average Bonchev–Trinajstić information content (AvgIpc) is 2.78. The maximum absolute atomic E-state index is 12.2. The lowest BCUT2D eigenvalue weighted by Crippen LogP contribution is -2.36. The van der Waals surface area contributed by atoms with E-state index in [9.17, 15) is 9.59 Å². The quantitative estimate of drug-likeness (QED) is 0.373. The van der Waals surface area contributed by atoms with E-state index in [1.165, 1.54) is 89.9 Å². The molecule has 0 aromatic heterocycles. The molecule has 0 spiro atoms. The van der Waals surface area contributed by atoms with E-state index in [-0.39, 0.29) is 0 Å². The predicted octanol–water partition coefficient (Wildman–Crippen LogP) is 6.54. The van der Waals surface area contributed by atoms with Gasteiger partial charge in [-0.15, -0.1) is 0 Å². The van der Waals surface area contributed by atoms with Gasteiger partial charge in [-0.1, -0.05) is 89.9 Å². The van der Waals surface area contributed by atoms with Gasteiger partial charge in [0.05, 0.1) is 0 Å². The van der Waals surface area contributed by atoms with Crippen molar-refractivity contribution >= 4 is 23.2 Å². The van der Waals surface area contributed by atoms with Crippen molar-refractivity contribution in [3.05, 3.63) is 0 Å². The molecule has 6 nitrogen and oxygen atoms in total. The van der Waals surface area contributed by atoms with Gasteiger partial charge in [0.15, 0.2) is 0 Å². The molecule has 0 aromatic rings. The van der Waals surface area contributed by atoms with Crippen molar-refractivity contribution in [1.29, 1.82) is 0 Å². The third-order valence-electron chi connectivity index (χ3n) is 6.70. The van der Waals surface area contributed by atoms with Crippen LogP contribution in [-0.2, 0) is 9.59 Å². The van der Waals surface area contributed by atoms with Crippen molar-refractivity contribution in [2.24, 2.45) is 10.2 Å². The zero-order valence-electron chi connectivity index (χ0n) is 20.3. The van der Waals surface area contributed by atoms with Gasteiger partial charge in [-0.2, -0.15) is 10.2 Å². The summed E-state index contributed by atoms with van der Waals surface area (Å²) in [5.74, 6) is -1.44. The lowest BCUT2D eigenvalue weighted by Gasteiger charge is -2.10. The van der Waals surface area contributed by atoms with E-state index in [0.29, 0.717) is 0 Å². The molecule has 0 atom stereocenters. The van der Waals surface area contributed by atoms with Crippen LogP contribution in [0.25, 0.3) is 0 Å². The third-order valence-corrected chi connectivity index (χ3v) is 6.70. The summed E-state index contributed by atoms with van der Waals surface area (Å²) < 4.78 is 0. The van der Waals surface area contributed by atoms with Gasteiger partial charge in [0, 0.05) is 11.4 Å². The van der Waals surface area contributed by atoms with Gasteiger partial charge in [-0.05, 0) is 51.4 Å². The largest absolute Gasteiger partial charge is 0.331 e. The van der Waals surface area contributed by atoms with Crippen molar-refractivity contribution in [3.8, 4) is 0 Å². The summed E-state index contributed by atoms with van der Waals surface area (Å²) in [5, 5.41) is 8.61. The molecule has 0 saturated heterocycles. The minimum absolute atomic E-state index is 0.721. The number of rotatable bonds is 2. The third kappa shape index (κ3) is 13.0. The number of nitrogens with zero attached hydrogens (tertiary/aromatic N) is 2. The number of carbonyl (C=O) groups is 2. The molecule has 0 aliphatic heterocycles. The first kappa shape index (κ1) is 26.5. The molecule has 0 bridgehead atoms. The van der Waals surface area contributed by atoms with Gasteiger partial charge in [0.2, 0.25) is 0 Å². The Hall–Kier alpha value is -1.72. The highest BCUT2D eigenvalue weighted by atomic mass is 16.2. The van der Waals surface area contributed by atoms with Crippen LogP contribution in [0.2, 0.25) is 0 Å². The second kappa shape index (κ2) is 17.8. The van der Waals surface area contributed by atoms with E-state index in [1.807, 2.05) is 0 Å². The molecule has 2 aliphatic rings. The fourth-order valence-electron chi connectivity index (χ4n) is 4.63. The summed E-state index contributed by atoms with van der Waals surface area (Å²) in [6.45, 7) is 0. The molecule has 2 N–H and O–H groups in total. The first-order chi connectivity index (χ1) is 15.8. The fourth-order valence-corrected chi connectivity index (χ4v) is 4.63. The standard InChI is InChI=1S/C26H46N4O2/c31-25(29-27-23-19-15-11-7-3-1-4-8-12-16-20-23)26(32)30-28-24-21-17-13-9-5-2-6-10-14-18-22-24/h1-22H2,(H,29,31)(H,30,32). The molecule has 0 unspecified atom stereocenters. The van der Waals surface area contributed by atoms with Crippen LogP contribution in [0.5, 0.6) is 0 Å². The van der Waals surface area contributed by atoms with Crippen molar-refractivity contribution in [3.63, 3.8) is 0 Å². The molecule has 0 aromatic carbocycles. The summed E-state index contributed by atoms with van der Waals surface area (Å²) in [7, 11) is 0. The van der Waals surface area contributed by atoms with Gasteiger partial charge in [-0.25, -0.2) is 10.9 Å². The highest BCUT2D eigenvalue weighted by Crippen LogP contribution is 2.16. The average molecular weight is 447 g/mol. The van der Waals surface area contributed by atoms with Gasteiger partial charge in [-0.3, -0.25) is 9.59 Å². The molecule has 0 heterocycles. The Bertz CT molecular complexity index is 521. The van der Waals surface area contributed by atoms with Gasteiger partial charge >= 0.3 is 11.8 Å². The Morgan fingerprint density at radius 1 is 0.406 bits per heavy atom. The van der Waals surface area contributed by atoms with E-state index in [1.54, 1.807) is 0 Å². The Morgan fingerprint density at radius 2 is 0.625 bits per heavy atom. The summed E-state index contributed by atoms with van der Waals surface area (Å²) in [4.78, 5) is 24.5. The Kier molecular flexibility index (Phi) is 14.8. The Balaban J connectivity index is 1.79. The fraction of sp³-hybridized carbons (Fsp3) is 0.846. The normalized spacial score (nSPS) is 21.0. The molecule has 2 fully saturated rings. The number of carbonyl (C=O) groups excluding carboxylic acids is 2. The number of hydrogen-bond donors (Lipinski definition) is 2. The molecule has 2 aliphatic carbocycles. The molecule has 182 valence electrons. The van der Waals surface area contributed by atoms with Crippen LogP contribution in [0.4, 0.5) is 0 Å². The van der Waals surface area contributed by atoms with E-state index >= 15 is 0 Å². The maximum atomic E-state index is 12.2. The van der Waals surface area contributed by atoms with Crippen LogP contribution < -0.4 is 10.9 Å². The van der Waals surface area contributed by atoms with Crippen molar-refractivity contribution in [1.82, 2.24) is 10.9 Å². The van der Waals surface area contributed by atoms with Crippen LogP contribution in [0, 0.1) is 0 Å². The zero-order chi connectivity index (χ0) is 22.7. The zero-order valence-corrected chi connectivity index (χ0v) is 20.3. The van der Waals surface area contributed by atoms with Gasteiger partial charge in [0.25, 0.3) is 0 Å². The number of amides is 2. The molecule has 32 heavy (non-hydrogen) atoms. The number of hydrogen-bond acceptors (Lipinski definition) is 4. The molecule has 2 saturated carbocycles. The van der Waals surface area contributed by atoms with E-state index in [2.05, 4.69) is 21.1 Å². The highest BCUT2D eigenvalue weighted by molar-refractivity contribution is 6.35. The maximum Gasteiger partial charge on any atom is 0.331 e. The lowest BCUT2D eigenvalue weighted by molar-refractivity contribution is -0.139. The van der Waals surface area contributed by atoms with Crippen LogP contribution in [0.15, 0.2) is 10.2 Å². The summed E-state index contributed by atoms with van der Waals surface area (Å²) in [6.07, 6.45) is 26.0. The number of nitrogens with one attached hydrogen (secondary N) is 2. The molecule has 0 radical (unpaired) electrons. The van der Waals surface area contributed by atoms with Crippen molar-refractivity contribution in [2.75, 3.05) is 0 Å². The second-order valence-electron chi connectivity index (χ2n) is 9.60. The SMILES string of the molecule is O=C(NN=C1CCCCCCCCCCC1)C(=O)NN=C1CCCCCCCCCCC1. The van der Waals surface area contributed by atoms with E-state index in [4.69, 9.17) is 0 Å². The van der Waals surface area contributed by atoms with Crippen molar-refractivity contribution in [2.45, 2.75) is 141 Å². The van der Waals surface area contributed by atoms with Crippen LogP contribution >= 0.6 is 0 Å². The van der Waals surface area contributed by atoms with Gasteiger partial charge in [0.1, 0.15) is 0 Å². The molecule has 6 heteroatoms. The summed E-state index contributed by atoms with van der Waals surface area (Å²) >= 11 is 0. The summed E-state index contributed by atoms with van der Waals surface area (Å²) in [5.41, 5.74) is 6.97. The molecule has 2 rings (SSSR count). The first-order valence-electron chi connectivity index (χ1n) is 13.5. The van der Waals surface area contributed by atoms with Crippen LogP contribution in [-0.4, -0.2) is 23.2 Å².